The molecule has 13 heavy (non-hydrogen) atoms. The third-order valence-corrected chi connectivity index (χ3v) is 2.01. The first-order chi connectivity index (χ1) is 6.09. The molecule has 0 saturated heterocycles. The highest BCUT2D eigenvalue weighted by Gasteiger charge is 1.98. The Morgan fingerprint density at radius 2 is 2.23 bits per heavy atom. The van der Waals surface area contributed by atoms with Crippen LogP contribution in [0.25, 0.3) is 6.08 Å². The summed E-state index contributed by atoms with van der Waals surface area (Å²) in [6.45, 7) is 1.62. The lowest BCUT2D eigenvalue weighted by Crippen LogP contribution is -1.92. The summed E-state index contributed by atoms with van der Waals surface area (Å²) >= 11 is 3.24. The number of aliphatic hydroxyl groups excluding tert-OH is 1. The summed E-state index contributed by atoms with van der Waals surface area (Å²) in [6.07, 6.45) is 2.54. The van der Waals surface area contributed by atoms with Crippen molar-refractivity contribution in [2.45, 2.75) is 13.0 Å². The number of hydrogen-bond acceptors (Lipinski definition) is 1. The Balaban J connectivity index is 2.93. The van der Waals surface area contributed by atoms with Crippen LogP contribution in [0, 0.1) is 5.82 Å². The first-order valence-electron chi connectivity index (χ1n) is 3.91. The fourth-order valence-corrected chi connectivity index (χ4v) is 1.26. The summed E-state index contributed by atoms with van der Waals surface area (Å²) in [4.78, 5) is 0. The molecule has 0 spiro atoms. The number of rotatable bonds is 2. The van der Waals surface area contributed by atoms with Crippen LogP contribution < -0.4 is 0 Å². The Kier molecular flexibility index (Phi) is 3.63. The van der Waals surface area contributed by atoms with E-state index in [2.05, 4.69) is 15.9 Å². The Morgan fingerprint density at radius 3 is 2.85 bits per heavy atom. The molecule has 0 heterocycles. The van der Waals surface area contributed by atoms with Crippen molar-refractivity contribution in [1.82, 2.24) is 0 Å². The minimum atomic E-state index is -0.557. The normalized spacial score (nSPS) is 13.5. The molecule has 1 nitrogen and oxygen atoms in total. The van der Waals surface area contributed by atoms with Crippen LogP contribution in [-0.4, -0.2) is 11.2 Å². The first-order valence-corrected chi connectivity index (χ1v) is 4.70. The van der Waals surface area contributed by atoms with E-state index >= 15 is 0 Å². The fourth-order valence-electron chi connectivity index (χ4n) is 0.885. The maximum Gasteiger partial charge on any atom is 0.130 e. The van der Waals surface area contributed by atoms with Crippen molar-refractivity contribution < 1.29 is 9.50 Å². The van der Waals surface area contributed by atoms with Crippen molar-refractivity contribution in [3.63, 3.8) is 0 Å². The predicted octanol–water partition coefficient (Wildman–Crippen LogP) is 2.98. The van der Waals surface area contributed by atoms with Crippen LogP contribution in [0.4, 0.5) is 4.39 Å². The van der Waals surface area contributed by atoms with Gasteiger partial charge in [-0.25, -0.2) is 4.39 Å². The molecule has 0 aliphatic carbocycles. The largest absolute Gasteiger partial charge is 0.389 e. The van der Waals surface area contributed by atoms with Gasteiger partial charge >= 0.3 is 0 Å². The number of hydrogen-bond donors (Lipinski definition) is 1. The summed E-state index contributed by atoms with van der Waals surface area (Å²) < 4.78 is 13.9. The zero-order valence-corrected chi connectivity index (χ0v) is 8.75. The molecule has 0 aliphatic rings. The second-order valence-electron chi connectivity index (χ2n) is 2.77. The molecule has 0 saturated carbocycles. The SMILES string of the molecule is CC(O)/C=C/c1cc(Br)ccc1F. The van der Waals surface area contributed by atoms with Crippen LogP contribution in [0.2, 0.25) is 0 Å². The third-order valence-electron chi connectivity index (χ3n) is 1.51. The number of benzene rings is 1. The van der Waals surface area contributed by atoms with Gasteiger partial charge in [-0.1, -0.05) is 28.1 Å². The van der Waals surface area contributed by atoms with Crippen LogP contribution >= 0.6 is 15.9 Å². The molecule has 0 aliphatic heterocycles. The molecule has 0 amide bonds. The highest BCUT2D eigenvalue weighted by molar-refractivity contribution is 9.10. The fraction of sp³-hybridized carbons (Fsp3) is 0.200. The molecule has 3 heteroatoms. The van der Waals surface area contributed by atoms with Crippen molar-refractivity contribution in [1.29, 1.82) is 0 Å². The predicted molar refractivity (Wildman–Crippen MR) is 54.8 cm³/mol. The van der Waals surface area contributed by atoms with Gasteiger partial charge in [0.05, 0.1) is 6.10 Å². The smallest absolute Gasteiger partial charge is 0.130 e. The van der Waals surface area contributed by atoms with Crippen LogP contribution in [-0.2, 0) is 0 Å². The van der Waals surface area contributed by atoms with Gasteiger partial charge in [0.2, 0.25) is 0 Å². The summed E-state index contributed by atoms with van der Waals surface area (Å²) in [5.74, 6) is -0.292. The first kappa shape index (κ1) is 10.4. The number of halogens is 2. The van der Waals surface area contributed by atoms with Crippen molar-refractivity contribution in [3.8, 4) is 0 Å². The average Bonchev–Trinajstić information content (AvgIpc) is 2.06. The van der Waals surface area contributed by atoms with Gasteiger partial charge in [-0.15, -0.1) is 0 Å². The van der Waals surface area contributed by atoms with Crippen LogP contribution in [0.15, 0.2) is 28.7 Å². The van der Waals surface area contributed by atoms with E-state index in [4.69, 9.17) is 5.11 Å². The van der Waals surface area contributed by atoms with Gasteiger partial charge in [-0.2, -0.15) is 0 Å². The van der Waals surface area contributed by atoms with E-state index in [1.807, 2.05) is 0 Å². The Hall–Kier alpha value is -0.670. The van der Waals surface area contributed by atoms with Crippen molar-refractivity contribution >= 4 is 22.0 Å². The molecule has 0 radical (unpaired) electrons. The van der Waals surface area contributed by atoms with Gasteiger partial charge in [0, 0.05) is 10.0 Å². The van der Waals surface area contributed by atoms with E-state index in [1.165, 1.54) is 12.1 Å². The van der Waals surface area contributed by atoms with Gasteiger partial charge in [0.25, 0.3) is 0 Å². The molecule has 1 aromatic rings. The van der Waals surface area contributed by atoms with Gasteiger partial charge in [-0.3, -0.25) is 0 Å². The maximum atomic E-state index is 13.1. The van der Waals surface area contributed by atoms with Crippen molar-refractivity contribution in [3.05, 3.63) is 40.1 Å². The summed E-state index contributed by atoms with van der Waals surface area (Å²) in [5.41, 5.74) is 0.468. The summed E-state index contributed by atoms with van der Waals surface area (Å²) in [6, 6.07) is 4.68. The van der Waals surface area contributed by atoms with E-state index in [0.717, 1.165) is 4.47 Å². The Bertz CT molecular complexity index is 321. The maximum absolute atomic E-state index is 13.1. The second-order valence-corrected chi connectivity index (χ2v) is 3.68. The molecular weight excluding hydrogens is 235 g/mol. The molecule has 1 atom stereocenters. The molecule has 0 aromatic heterocycles. The van der Waals surface area contributed by atoms with E-state index in [1.54, 1.807) is 25.1 Å². The molecule has 0 fully saturated rings. The minimum Gasteiger partial charge on any atom is -0.389 e. The van der Waals surface area contributed by atoms with E-state index in [0.29, 0.717) is 5.56 Å². The quantitative estimate of drug-likeness (QED) is 0.849. The zero-order valence-electron chi connectivity index (χ0n) is 7.17. The Morgan fingerprint density at radius 1 is 1.54 bits per heavy atom. The van der Waals surface area contributed by atoms with Gasteiger partial charge in [0.1, 0.15) is 5.82 Å². The molecule has 0 bridgehead atoms. The second kappa shape index (κ2) is 4.53. The lowest BCUT2D eigenvalue weighted by atomic mass is 10.2. The lowest BCUT2D eigenvalue weighted by molar-refractivity contribution is 0.245. The van der Waals surface area contributed by atoms with Crippen LogP contribution in [0.5, 0.6) is 0 Å². The molecule has 1 N–H and O–H groups in total. The van der Waals surface area contributed by atoms with E-state index < -0.39 is 6.10 Å². The van der Waals surface area contributed by atoms with Crippen molar-refractivity contribution in [2.24, 2.45) is 0 Å². The van der Waals surface area contributed by atoms with Gasteiger partial charge in [0.15, 0.2) is 0 Å². The summed E-state index contributed by atoms with van der Waals surface area (Å²) in [5, 5.41) is 8.95. The topological polar surface area (TPSA) is 20.2 Å². The molecular formula is C10H10BrFO. The van der Waals surface area contributed by atoms with Gasteiger partial charge in [-0.05, 0) is 25.1 Å². The Labute approximate surface area is 85.0 Å². The highest BCUT2D eigenvalue weighted by Crippen LogP contribution is 2.16. The van der Waals surface area contributed by atoms with Crippen molar-refractivity contribution in [2.75, 3.05) is 0 Å². The number of aliphatic hydroxyl groups is 1. The van der Waals surface area contributed by atoms with E-state index in [-0.39, 0.29) is 5.82 Å². The lowest BCUT2D eigenvalue weighted by Gasteiger charge is -1.98. The van der Waals surface area contributed by atoms with E-state index in [9.17, 15) is 4.39 Å². The minimum absolute atomic E-state index is 0.292. The zero-order chi connectivity index (χ0) is 9.84. The average molecular weight is 245 g/mol. The molecule has 1 aromatic carbocycles. The monoisotopic (exact) mass is 244 g/mol. The van der Waals surface area contributed by atoms with Gasteiger partial charge < -0.3 is 5.11 Å². The summed E-state index contributed by atoms with van der Waals surface area (Å²) in [7, 11) is 0. The van der Waals surface area contributed by atoms with Crippen LogP contribution in [0.1, 0.15) is 12.5 Å². The molecule has 1 rings (SSSR count). The van der Waals surface area contributed by atoms with Crippen LogP contribution in [0.3, 0.4) is 0 Å². The third kappa shape index (κ3) is 3.28. The highest BCUT2D eigenvalue weighted by atomic mass is 79.9. The standard InChI is InChI=1S/C10H10BrFO/c1-7(13)2-3-8-6-9(11)4-5-10(8)12/h2-7,13H,1H3/b3-2+. The molecule has 70 valence electrons. The molecule has 1 unspecified atom stereocenters.